The first-order chi connectivity index (χ1) is 13.0. The highest BCUT2D eigenvalue weighted by atomic mass is 32.2. The molecule has 0 amide bonds. The number of hydrogen-bond donors (Lipinski definition) is 1. The number of rotatable bonds is 7. The van der Waals surface area contributed by atoms with Gasteiger partial charge in [0.05, 0.1) is 4.90 Å². The van der Waals surface area contributed by atoms with E-state index in [2.05, 4.69) is 16.9 Å². The Bertz CT molecular complexity index is 980. The number of aryl methyl sites for hydroxylation is 3. The first kappa shape index (κ1) is 19.3. The van der Waals surface area contributed by atoms with Gasteiger partial charge < -0.3 is 0 Å². The van der Waals surface area contributed by atoms with Gasteiger partial charge >= 0.3 is 0 Å². The molecule has 0 fully saturated rings. The summed E-state index contributed by atoms with van der Waals surface area (Å²) in [7, 11) is -3.60. The molecular formula is C23H25NO2S. The fraction of sp³-hybridized carbons (Fsp3) is 0.217. The van der Waals surface area contributed by atoms with Crippen LogP contribution in [0.2, 0.25) is 0 Å². The van der Waals surface area contributed by atoms with Crippen LogP contribution in [0, 0.1) is 13.8 Å². The van der Waals surface area contributed by atoms with Crippen LogP contribution in [-0.4, -0.2) is 8.42 Å². The molecule has 3 rings (SSSR count). The summed E-state index contributed by atoms with van der Waals surface area (Å²) in [6.45, 7) is 3.96. The second-order valence-electron chi connectivity index (χ2n) is 6.87. The van der Waals surface area contributed by atoms with Crippen LogP contribution >= 0.6 is 0 Å². The van der Waals surface area contributed by atoms with Gasteiger partial charge in [0.15, 0.2) is 0 Å². The standard InChI is InChI=1S/C23H25NO2S/c1-18-12-15-21(16-13-18)27(25,26)24-23(22-11-7-6-8-19(22)2)17-14-20-9-4-3-5-10-20/h3-13,15-16,23-24H,14,17H2,1-2H3. The Morgan fingerprint density at radius 2 is 1.44 bits per heavy atom. The van der Waals surface area contributed by atoms with Crippen LogP contribution in [-0.2, 0) is 16.4 Å². The van der Waals surface area contributed by atoms with Crippen LogP contribution in [0.1, 0.15) is 34.7 Å². The average Bonchev–Trinajstić information content (AvgIpc) is 2.67. The molecule has 4 heteroatoms. The molecule has 0 radical (unpaired) electrons. The lowest BCUT2D eigenvalue weighted by Crippen LogP contribution is -2.29. The summed E-state index contributed by atoms with van der Waals surface area (Å²) >= 11 is 0. The first-order valence-corrected chi connectivity index (χ1v) is 10.6. The third kappa shape index (κ3) is 5.06. The fourth-order valence-electron chi connectivity index (χ4n) is 3.18. The second-order valence-corrected chi connectivity index (χ2v) is 8.58. The minimum absolute atomic E-state index is 0.280. The Morgan fingerprint density at radius 3 is 2.11 bits per heavy atom. The molecule has 0 bridgehead atoms. The molecule has 0 aromatic heterocycles. The Morgan fingerprint density at radius 1 is 0.815 bits per heavy atom. The quantitative estimate of drug-likeness (QED) is 0.631. The van der Waals surface area contributed by atoms with Gasteiger partial charge in [-0.15, -0.1) is 0 Å². The summed E-state index contributed by atoms with van der Waals surface area (Å²) in [4.78, 5) is 0.298. The molecule has 0 aliphatic rings. The zero-order valence-corrected chi connectivity index (χ0v) is 16.5. The highest BCUT2D eigenvalue weighted by Crippen LogP contribution is 2.25. The van der Waals surface area contributed by atoms with Crippen molar-refractivity contribution >= 4 is 10.0 Å². The minimum atomic E-state index is -3.60. The average molecular weight is 380 g/mol. The van der Waals surface area contributed by atoms with E-state index in [4.69, 9.17) is 0 Å². The van der Waals surface area contributed by atoms with Gasteiger partial charge in [-0.2, -0.15) is 0 Å². The predicted molar refractivity (Wildman–Crippen MR) is 110 cm³/mol. The highest BCUT2D eigenvalue weighted by molar-refractivity contribution is 7.89. The van der Waals surface area contributed by atoms with Crippen LogP contribution in [0.3, 0.4) is 0 Å². The molecule has 1 unspecified atom stereocenters. The van der Waals surface area contributed by atoms with Gasteiger partial charge in [-0.1, -0.05) is 72.3 Å². The lowest BCUT2D eigenvalue weighted by molar-refractivity contribution is 0.538. The van der Waals surface area contributed by atoms with Crippen molar-refractivity contribution in [3.8, 4) is 0 Å². The predicted octanol–water partition coefficient (Wildman–Crippen LogP) is 4.96. The molecule has 3 aromatic carbocycles. The van der Waals surface area contributed by atoms with Gasteiger partial charge in [-0.05, 0) is 55.5 Å². The monoisotopic (exact) mass is 379 g/mol. The number of sulfonamides is 1. The topological polar surface area (TPSA) is 46.2 Å². The number of hydrogen-bond acceptors (Lipinski definition) is 2. The van der Waals surface area contributed by atoms with Gasteiger partial charge in [0.1, 0.15) is 0 Å². The van der Waals surface area contributed by atoms with E-state index in [1.807, 2.05) is 68.4 Å². The molecule has 1 atom stereocenters. The van der Waals surface area contributed by atoms with E-state index >= 15 is 0 Å². The van der Waals surface area contributed by atoms with E-state index in [1.54, 1.807) is 12.1 Å². The van der Waals surface area contributed by atoms with E-state index in [0.29, 0.717) is 11.3 Å². The molecule has 27 heavy (non-hydrogen) atoms. The largest absolute Gasteiger partial charge is 0.241 e. The van der Waals surface area contributed by atoms with Gasteiger partial charge in [-0.25, -0.2) is 13.1 Å². The van der Waals surface area contributed by atoms with Crippen molar-refractivity contribution in [2.75, 3.05) is 0 Å². The molecule has 140 valence electrons. The Kier molecular flexibility index (Phi) is 6.09. The van der Waals surface area contributed by atoms with Crippen LogP contribution in [0.15, 0.2) is 83.8 Å². The Balaban J connectivity index is 1.87. The molecule has 0 heterocycles. The van der Waals surface area contributed by atoms with E-state index < -0.39 is 10.0 Å². The molecule has 0 aliphatic heterocycles. The third-order valence-electron chi connectivity index (χ3n) is 4.76. The molecular weight excluding hydrogens is 354 g/mol. The highest BCUT2D eigenvalue weighted by Gasteiger charge is 2.22. The lowest BCUT2D eigenvalue weighted by Gasteiger charge is -2.21. The maximum atomic E-state index is 12.9. The van der Waals surface area contributed by atoms with Crippen molar-refractivity contribution in [2.45, 2.75) is 37.6 Å². The molecule has 0 saturated heterocycles. The summed E-state index contributed by atoms with van der Waals surface area (Å²) in [5.41, 5.74) is 4.34. The van der Waals surface area contributed by atoms with Crippen LogP contribution in [0.25, 0.3) is 0 Å². The normalized spacial score (nSPS) is 12.7. The van der Waals surface area contributed by atoms with E-state index in [9.17, 15) is 8.42 Å². The zero-order valence-electron chi connectivity index (χ0n) is 15.7. The summed E-state index contributed by atoms with van der Waals surface area (Å²) in [5.74, 6) is 0. The van der Waals surface area contributed by atoms with Crippen LogP contribution in [0.5, 0.6) is 0 Å². The van der Waals surface area contributed by atoms with Crippen molar-refractivity contribution in [3.63, 3.8) is 0 Å². The van der Waals surface area contributed by atoms with Gasteiger partial charge in [0.25, 0.3) is 0 Å². The fourth-order valence-corrected chi connectivity index (χ4v) is 4.43. The maximum Gasteiger partial charge on any atom is 0.241 e. The molecule has 0 aliphatic carbocycles. The smallest absolute Gasteiger partial charge is 0.207 e. The Hall–Kier alpha value is -2.43. The van der Waals surface area contributed by atoms with Crippen molar-refractivity contribution in [2.24, 2.45) is 0 Å². The Labute approximate surface area is 162 Å². The minimum Gasteiger partial charge on any atom is -0.207 e. The number of nitrogens with one attached hydrogen (secondary N) is 1. The van der Waals surface area contributed by atoms with Crippen LogP contribution in [0.4, 0.5) is 0 Å². The van der Waals surface area contributed by atoms with Gasteiger partial charge in [0.2, 0.25) is 10.0 Å². The maximum absolute atomic E-state index is 12.9. The third-order valence-corrected chi connectivity index (χ3v) is 6.24. The molecule has 0 spiro atoms. The van der Waals surface area contributed by atoms with E-state index in [1.165, 1.54) is 5.56 Å². The van der Waals surface area contributed by atoms with Crippen molar-refractivity contribution < 1.29 is 8.42 Å². The van der Waals surface area contributed by atoms with Crippen molar-refractivity contribution in [3.05, 3.63) is 101 Å². The van der Waals surface area contributed by atoms with Crippen molar-refractivity contribution in [1.82, 2.24) is 4.72 Å². The van der Waals surface area contributed by atoms with E-state index in [0.717, 1.165) is 23.1 Å². The zero-order chi connectivity index (χ0) is 19.3. The summed E-state index contributed by atoms with van der Waals surface area (Å²) in [6.07, 6.45) is 1.50. The van der Waals surface area contributed by atoms with Crippen molar-refractivity contribution in [1.29, 1.82) is 0 Å². The van der Waals surface area contributed by atoms with Gasteiger partial charge in [0, 0.05) is 6.04 Å². The second kappa shape index (κ2) is 8.51. The molecule has 3 aromatic rings. The number of benzene rings is 3. The summed E-state index contributed by atoms with van der Waals surface area (Å²) in [6, 6.07) is 24.8. The lowest BCUT2D eigenvalue weighted by atomic mass is 9.96. The molecule has 1 N–H and O–H groups in total. The van der Waals surface area contributed by atoms with Gasteiger partial charge in [-0.3, -0.25) is 0 Å². The van der Waals surface area contributed by atoms with Crippen LogP contribution < -0.4 is 4.72 Å². The molecule has 3 nitrogen and oxygen atoms in total. The summed E-state index contributed by atoms with van der Waals surface area (Å²) in [5, 5.41) is 0. The SMILES string of the molecule is Cc1ccc(S(=O)(=O)NC(CCc2ccccc2)c2ccccc2C)cc1. The first-order valence-electron chi connectivity index (χ1n) is 9.14. The van der Waals surface area contributed by atoms with E-state index in [-0.39, 0.29) is 6.04 Å². The molecule has 0 saturated carbocycles. The summed E-state index contributed by atoms with van der Waals surface area (Å²) < 4.78 is 28.8.